The van der Waals surface area contributed by atoms with Crippen LogP contribution in [0.5, 0.6) is 5.75 Å². The standard InChI is InChI=1S/C17H21NO/c1-13-5-6-15(14(2)11-13)12-18(3)16-7-9-17(19-4)10-8-16/h5-11H,12H2,1-4H3. The minimum absolute atomic E-state index is 0.892. The van der Waals surface area contributed by atoms with E-state index in [0.717, 1.165) is 12.3 Å². The zero-order valence-electron chi connectivity index (χ0n) is 12.1. The summed E-state index contributed by atoms with van der Waals surface area (Å²) >= 11 is 0. The molecule has 0 saturated carbocycles. The lowest BCUT2D eigenvalue weighted by molar-refractivity contribution is 0.415. The molecule has 0 aliphatic rings. The SMILES string of the molecule is COc1ccc(N(C)Cc2ccc(C)cc2C)cc1. The van der Waals surface area contributed by atoms with E-state index in [1.165, 1.54) is 22.4 Å². The molecule has 2 heteroatoms. The third-order valence-corrected chi connectivity index (χ3v) is 3.42. The van der Waals surface area contributed by atoms with Gasteiger partial charge in [-0.05, 0) is 49.2 Å². The van der Waals surface area contributed by atoms with Gasteiger partial charge in [0.2, 0.25) is 0 Å². The normalized spacial score (nSPS) is 10.3. The fraction of sp³-hybridized carbons (Fsp3) is 0.294. The van der Waals surface area contributed by atoms with Crippen molar-refractivity contribution in [2.24, 2.45) is 0 Å². The average molecular weight is 255 g/mol. The van der Waals surface area contributed by atoms with Gasteiger partial charge in [0.15, 0.2) is 0 Å². The van der Waals surface area contributed by atoms with Gasteiger partial charge in [0.1, 0.15) is 5.75 Å². The number of benzene rings is 2. The van der Waals surface area contributed by atoms with Crippen LogP contribution in [0.4, 0.5) is 5.69 Å². The second kappa shape index (κ2) is 5.79. The Labute approximate surface area is 115 Å². The molecule has 0 atom stereocenters. The van der Waals surface area contributed by atoms with Crippen molar-refractivity contribution in [3.05, 3.63) is 59.2 Å². The van der Waals surface area contributed by atoms with Gasteiger partial charge in [-0.2, -0.15) is 0 Å². The molecule has 2 rings (SSSR count). The van der Waals surface area contributed by atoms with Crippen molar-refractivity contribution < 1.29 is 4.74 Å². The first-order valence-electron chi connectivity index (χ1n) is 6.51. The number of methoxy groups -OCH3 is 1. The largest absolute Gasteiger partial charge is 0.497 e. The molecule has 0 N–H and O–H groups in total. The number of nitrogens with zero attached hydrogens (tertiary/aromatic N) is 1. The highest BCUT2D eigenvalue weighted by Gasteiger charge is 2.05. The molecule has 0 aliphatic carbocycles. The number of hydrogen-bond acceptors (Lipinski definition) is 2. The summed E-state index contributed by atoms with van der Waals surface area (Å²) in [5.41, 5.74) is 5.22. The Morgan fingerprint density at radius 2 is 1.68 bits per heavy atom. The highest BCUT2D eigenvalue weighted by molar-refractivity contribution is 5.49. The monoisotopic (exact) mass is 255 g/mol. The molecule has 0 amide bonds. The summed E-state index contributed by atoms with van der Waals surface area (Å²) in [4.78, 5) is 2.25. The van der Waals surface area contributed by atoms with Crippen LogP contribution in [0.25, 0.3) is 0 Å². The number of rotatable bonds is 4. The molecule has 0 saturated heterocycles. The average Bonchev–Trinajstić information content (AvgIpc) is 2.42. The molecule has 0 bridgehead atoms. The Hall–Kier alpha value is -1.96. The van der Waals surface area contributed by atoms with Gasteiger partial charge in [0, 0.05) is 19.3 Å². The molecule has 0 fully saturated rings. The van der Waals surface area contributed by atoms with Crippen LogP contribution in [0.15, 0.2) is 42.5 Å². The lowest BCUT2D eigenvalue weighted by Crippen LogP contribution is -2.16. The fourth-order valence-corrected chi connectivity index (χ4v) is 2.21. The highest BCUT2D eigenvalue weighted by atomic mass is 16.5. The van der Waals surface area contributed by atoms with E-state index in [1.807, 2.05) is 12.1 Å². The Morgan fingerprint density at radius 3 is 2.26 bits per heavy atom. The predicted octanol–water partition coefficient (Wildman–Crippen LogP) is 3.95. The van der Waals surface area contributed by atoms with E-state index in [2.05, 4.69) is 56.1 Å². The van der Waals surface area contributed by atoms with E-state index >= 15 is 0 Å². The maximum absolute atomic E-state index is 5.18. The van der Waals surface area contributed by atoms with Crippen LogP contribution in [0.2, 0.25) is 0 Å². The summed E-state index contributed by atoms with van der Waals surface area (Å²) in [5, 5.41) is 0. The van der Waals surface area contributed by atoms with Gasteiger partial charge in [-0.1, -0.05) is 23.8 Å². The Morgan fingerprint density at radius 1 is 1.00 bits per heavy atom. The van der Waals surface area contributed by atoms with Crippen molar-refractivity contribution in [2.45, 2.75) is 20.4 Å². The van der Waals surface area contributed by atoms with Crippen LogP contribution in [-0.2, 0) is 6.54 Å². The van der Waals surface area contributed by atoms with Gasteiger partial charge in [-0.25, -0.2) is 0 Å². The van der Waals surface area contributed by atoms with Crippen LogP contribution in [-0.4, -0.2) is 14.2 Å². The van der Waals surface area contributed by atoms with Gasteiger partial charge in [0.25, 0.3) is 0 Å². The lowest BCUT2D eigenvalue weighted by atomic mass is 10.1. The molecule has 2 aromatic rings. The van der Waals surface area contributed by atoms with Crippen LogP contribution in [0.3, 0.4) is 0 Å². The number of aryl methyl sites for hydroxylation is 2. The third kappa shape index (κ3) is 3.28. The maximum Gasteiger partial charge on any atom is 0.119 e. The first-order valence-corrected chi connectivity index (χ1v) is 6.51. The number of hydrogen-bond donors (Lipinski definition) is 0. The maximum atomic E-state index is 5.18. The Kier molecular flexibility index (Phi) is 4.10. The van der Waals surface area contributed by atoms with Gasteiger partial charge >= 0.3 is 0 Å². The fourth-order valence-electron chi connectivity index (χ4n) is 2.21. The molecule has 0 unspecified atom stereocenters. The van der Waals surface area contributed by atoms with E-state index in [9.17, 15) is 0 Å². The highest BCUT2D eigenvalue weighted by Crippen LogP contribution is 2.21. The van der Waals surface area contributed by atoms with Gasteiger partial charge < -0.3 is 9.64 Å². The smallest absolute Gasteiger partial charge is 0.119 e. The molecular formula is C17H21NO. The van der Waals surface area contributed by atoms with E-state index in [1.54, 1.807) is 7.11 Å². The minimum atomic E-state index is 0.892. The molecule has 0 heterocycles. The zero-order chi connectivity index (χ0) is 13.8. The molecule has 0 radical (unpaired) electrons. The van der Waals surface area contributed by atoms with Gasteiger partial charge in [-0.15, -0.1) is 0 Å². The molecule has 0 aliphatic heterocycles. The quantitative estimate of drug-likeness (QED) is 0.820. The van der Waals surface area contributed by atoms with E-state index in [-0.39, 0.29) is 0 Å². The molecule has 19 heavy (non-hydrogen) atoms. The summed E-state index contributed by atoms with van der Waals surface area (Å²) in [6.45, 7) is 5.21. The van der Waals surface area contributed by atoms with Crippen LogP contribution in [0, 0.1) is 13.8 Å². The minimum Gasteiger partial charge on any atom is -0.497 e. The van der Waals surface area contributed by atoms with Crippen molar-refractivity contribution in [3.8, 4) is 5.75 Å². The summed E-state index contributed by atoms with van der Waals surface area (Å²) in [5.74, 6) is 0.892. The van der Waals surface area contributed by atoms with E-state index < -0.39 is 0 Å². The molecule has 0 spiro atoms. The molecule has 2 aromatic carbocycles. The molecule has 0 aromatic heterocycles. The molecule has 2 nitrogen and oxygen atoms in total. The molecule has 100 valence electrons. The van der Waals surface area contributed by atoms with E-state index in [0.29, 0.717) is 0 Å². The topological polar surface area (TPSA) is 12.5 Å². The van der Waals surface area contributed by atoms with Crippen molar-refractivity contribution in [1.82, 2.24) is 0 Å². The lowest BCUT2D eigenvalue weighted by Gasteiger charge is -2.21. The summed E-state index contributed by atoms with van der Waals surface area (Å²) in [6.07, 6.45) is 0. The number of ether oxygens (including phenoxy) is 1. The van der Waals surface area contributed by atoms with Crippen molar-refractivity contribution in [3.63, 3.8) is 0 Å². The van der Waals surface area contributed by atoms with E-state index in [4.69, 9.17) is 4.74 Å². The third-order valence-electron chi connectivity index (χ3n) is 3.42. The van der Waals surface area contributed by atoms with Crippen molar-refractivity contribution >= 4 is 5.69 Å². The van der Waals surface area contributed by atoms with Gasteiger partial charge in [0.05, 0.1) is 7.11 Å². The van der Waals surface area contributed by atoms with Crippen LogP contribution >= 0.6 is 0 Å². The second-order valence-corrected chi connectivity index (χ2v) is 4.98. The first kappa shape index (κ1) is 13.5. The van der Waals surface area contributed by atoms with Gasteiger partial charge in [-0.3, -0.25) is 0 Å². The second-order valence-electron chi connectivity index (χ2n) is 4.98. The Balaban J connectivity index is 2.13. The molecular weight excluding hydrogens is 234 g/mol. The van der Waals surface area contributed by atoms with Crippen LogP contribution < -0.4 is 9.64 Å². The summed E-state index contributed by atoms with van der Waals surface area (Å²) in [7, 11) is 3.80. The Bertz CT molecular complexity index is 546. The first-order chi connectivity index (χ1) is 9.10. The van der Waals surface area contributed by atoms with Crippen LogP contribution in [0.1, 0.15) is 16.7 Å². The van der Waals surface area contributed by atoms with Crippen molar-refractivity contribution in [2.75, 3.05) is 19.1 Å². The number of anilines is 1. The zero-order valence-corrected chi connectivity index (χ0v) is 12.1. The van der Waals surface area contributed by atoms with Crippen molar-refractivity contribution in [1.29, 1.82) is 0 Å². The summed E-state index contributed by atoms with van der Waals surface area (Å²) in [6, 6.07) is 14.8. The predicted molar refractivity (Wildman–Crippen MR) is 81.0 cm³/mol. The summed E-state index contributed by atoms with van der Waals surface area (Å²) < 4.78 is 5.18.